The fourth-order valence-electron chi connectivity index (χ4n) is 2.01. The van der Waals surface area contributed by atoms with E-state index in [0.717, 1.165) is 6.20 Å². The monoisotopic (exact) mass is 392 g/mol. The first kappa shape index (κ1) is 20.3. The molecule has 2 aromatic rings. The van der Waals surface area contributed by atoms with E-state index in [1.165, 1.54) is 30.3 Å². The van der Waals surface area contributed by atoms with Gasteiger partial charge in [0, 0.05) is 17.5 Å². The minimum atomic E-state index is -5.03. The fraction of sp³-hybridized carbons (Fsp3) is 0.118. The van der Waals surface area contributed by atoms with E-state index in [4.69, 9.17) is 0 Å². The largest absolute Gasteiger partial charge is 0.416 e. The Morgan fingerprint density at radius 1 is 0.889 bits per heavy atom. The van der Waals surface area contributed by atoms with Crippen LogP contribution in [0.25, 0.3) is 6.08 Å². The average molecular weight is 392 g/mol. The predicted molar refractivity (Wildman–Crippen MR) is 84.0 cm³/mol. The zero-order valence-electron chi connectivity index (χ0n) is 13.3. The van der Waals surface area contributed by atoms with Gasteiger partial charge in [-0.3, -0.25) is 0 Å². The molecule has 0 aliphatic carbocycles. The van der Waals surface area contributed by atoms with Crippen molar-refractivity contribution in [3.63, 3.8) is 0 Å². The molecular formula is C17H11F7N2O. The van der Waals surface area contributed by atoms with Gasteiger partial charge in [0.1, 0.15) is 5.82 Å². The first-order valence-electron chi connectivity index (χ1n) is 7.25. The number of alkyl halides is 6. The molecule has 2 rings (SSSR count). The average Bonchev–Trinajstić information content (AvgIpc) is 2.54. The number of hydrogen-bond donors (Lipinski definition) is 2. The van der Waals surface area contributed by atoms with E-state index in [9.17, 15) is 35.5 Å². The molecule has 144 valence electrons. The van der Waals surface area contributed by atoms with Gasteiger partial charge in [-0.15, -0.1) is 0 Å². The highest BCUT2D eigenvalue weighted by molar-refractivity contribution is 5.90. The lowest BCUT2D eigenvalue weighted by Gasteiger charge is -2.14. The molecule has 0 spiro atoms. The number of rotatable bonds is 3. The Kier molecular flexibility index (Phi) is 5.77. The Labute approximate surface area is 148 Å². The van der Waals surface area contributed by atoms with Gasteiger partial charge in [-0.05, 0) is 30.3 Å². The van der Waals surface area contributed by atoms with Crippen molar-refractivity contribution in [3.8, 4) is 0 Å². The first-order chi connectivity index (χ1) is 12.5. The molecule has 0 aromatic heterocycles. The molecule has 27 heavy (non-hydrogen) atoms. The van der Waals surface area contributed by atoms with Crippen LogP contribution in [-0.2, 0) is 12.4 Å². The lowest BCUT2D eigenvalue weighted by atomic mass is 10.1. The summed E-state index contributed by atoms with van der Waals surface area (Å²) in [4.78, 5) is 11.7. The second kappa shape index (κ2) is 7.68. The van der Waals surface area contributed by atoms with Gasteiger partial charge >= 0.3 is 18.4 Å². The molecule has 0 saturated carbocycles. The number of nitrogens with one attached hydrogen (secondary N) is 2. The zero-order chi connectivity index (χ0) is 20.2. The number of halogens is 7. The van der Waals surface area contributed by atoms with Crippen LogP contribution in [0.15, 0.2) is 48.7 Å². The number of anilines is 1. The molecule has 0 heterocycles. The molecule has 0 radical (unpaired) electrons. The topological polar surface area (TPSA) is 41.1 Å². The summed E-state index contributed by atoms with van der Waals surface area (Å²) in [5.41, 5.74) is -3.70. The molecule has 0 aliphatic rings. The first-order valence-corrected chi connectivity index (χ1v) is 7.25. The van der Waals surface area contributed by atoms with Crippen LogP contribution in [0, 0.1) is 5.82 Å². The molecule has 2 amide bonds. The summed E-state index contributed by atoms with van der Waals surface area (Å²) in [5, 5.41) is 3.94. The number of hydrogen-bond acceptors (Lipinski definition) is 1. The molecule has 0 saturated heterocycles. The van der Waals surface area contributed by atoms with Gasteiger partial charge < -0.3 is 10.6 Å². The van der Waals surface area contributed by atoms with Crippen LogP contribution in [0.4, 0.5) is 41.2 Å². The highest BCUT2D eigenvalue weighted by atomic mass is 19.4. The Balaban J connectivity index is 2.16. The van der Waals surface area contributed by atoms with Crippen LogP contribution in [0.3, 0.4) is 0 Å². The molecule has 0 bridgehead atoms. The molecule has 2 N–H and O–H groups in total. The lowest BCUT2D eigenvalue weighted by molar-refractivity contribution is -0.143. The van der Waals surface area contributed by atoms with Gasteiger partial charge in [-0.1, -0.05) is 18.2 Å². The van der Waals surface area contributed by atoms with Crippen LogP contribution < -0.4 is 10.6 Å². The molecule has 0 unspecified atom stereocenters. The minimum Gasteiger partial charge on any atom is -0.314 e. The van der Waals surface area contributed by atoms with Crippen molar-refractivity contribution in [2.75, 3.05) is 5.32 Å². The maximum atomic E-state index is 13.4. The van der Waals surface area contributed by atoms with Crippen LogP contribution >= 0.6 is 0 Å². The molecule has 10 heteroatoms. The van der Waals surface area contributed by atoms with Crippen LogP contribution in [0.5, 0.6) is 0 Å². The second-order valence-corrected chi connectivity index (χ2v) is 5.25. The predicted octanol–water partition coefficient (Wildman–Crippen LogP) is 5.66. The molecule has 0 aliphatic heterocycles. The summed E-state index contributed by atoms with van der Waals surface area (Å²) in [6, 6.07) is 5.12. The summed E-state index contributed by atoms with van der Waals surface area (Å²) in [6.45, 7) is 0. The van der Waals surface area contributed by atoms with Gasteiger partial charge in [0.15, 0.2) is 0 Å². The second-order valence-electron chi connectivity index (χ2n) is 5.25. The lowest BCUT2D eigenvalue weighted by Crippen LogP contribution is -2.24. The molecule has 2 aromatic carbocycles. The highest BCUT2D eigenvalue weighted by Gasteiger charge is 2.37. The summed E-state index contributed by atoms with van der Waals surface area (Å²) in [7, 11) is 0. The fourth-order valence-corrected chi connectivity index (χ4v) is 2.01. The van der Waals surface area contributed by atoms with E-state index in [-0.39, 0.29) is 11.6 Å². The van der Waals surface area contributed by atoms with Crippen molar-refractivity contribution in [1.82, 2.24) is 5.32 Å². The van der Waals surface area contributed by atoms with E-state index >= 15 is 0 Å². The minimum absolute atomic E-state index is 0.0544. The third-order valence-electron chi connectivity index (χ3n) is 3.23. The van der Waals surface area contributed by atoms with Gasteiger partial charge in [0.2, 0.25) is 0 Å². The quantitative estimate of drug-likeness (QED) is 0.651. The van der Waals surface area contributed by atoms with Gasteiger partial charge in [0.05, 0.1) is 11.1 Å². The summed E-state index contributed by atoms with van der Waals surface area (Å²) >= 11 is 0. The summed E-state index contributed by atoms with van der Waals surface area (Å²) in [5.74, 6) is -0.580. The third-order valence-corrected chi connectivity index (χ3v) is 3.23. The van der Waals surface area contributed by atoms with E-state index < -0.39 is 41.0 Å². The number of carbonyl (C=O) groups excluding carboxylic acids is 1. The van der Waals surface area contributed by atoms with E-state index in [0.29, 0.717) is 12.1 Å². The number of benzene rings is 2. The van der Waals surface area contributed by atoms with Crippen molar-refractivity contribution in [2.45, 2.75) is 12.4 Å². The van der Waals surface area contributed by atoms with E-state index in [1.807, 2.05) is 5.32 Å². The molecule has 0 fully saturated rings. The van der Waals surface area contributed by atoms with E-state index in [1.54, 1.807) is 0 Å². The standard InChI is InChI=1S/C17H11F7N2O/c18-14-4-2-1-3-10(14)5-6-25-15(27)26-13-8-11(16(19,20)21)7-12(9-13)17(22,23)24/h1-9H,(H2,25,26,27)/b6-5+. The van der Waals surface area contributed by atoms with E-state index in [2.05, 4.69) is 5.32 Å². The molecule has 0 atom stereocenters. The Bertz CT molecular complexity index is 825. The van der Waals surface area contributed by atoms with Crippen molar-refractivity contribution >= 4 is 17.8 Å². The van der Waals surface area contributed by atoms with Crippen LogP contribution in [0.1, 0.15) is 16.7 Å². The number of amides is 2. The summed E-state index contributed by atoms with van der Waals surface area (Å²) < 4.78 is 89.9. The van der Waals surface area contributed by atoms with Crippen molar-refractivity contribution in [2.24, 2.45) is 0 Å². The zero-order valence-corrected chi connectivity index (χ0v) is 13.3. The Morgan fingerprint density at radius 3 is 1.96 bits per heavy atom. The van der Waals surface area contributed by atoms with Crippen molar-refractivity contribution in [3.05, 3.63) is 71.2 Å². The van der Waals surface area contributed by atoms with Gasteiger partial charge in [0.25, 0.3) is 0 Å². The molecular weight excluding hydrogens is 381 g/mol. The third kappa shape index (κ3) is 5.73. The van der Waals surface area contributed by atoms with Gasteiger partial charge in [-0.2, -0.15) is 26.3 Å². The summed E-state index contributed by atoms with van der Waals surface area (Å²) in [6.07, 6.45) is -7.90. The van der Waals surface area contributed by atoms with Crippen LogP contribution in [-0.4, -0.2) is 6.03 Å². The maximum absolute atomic E-state index is 13.4. The Morgan fingerprint density at radius 2 is 1.44 bits per heavy atom. The normalized spacial score (nSPS) is 12.3. The number of urea groups is 1. The van der Waals surface area contributed by atoms with Crippen LogP contribution in [0.2, 0.25) is 0 Å². The highest BCUT2D eigenvalue weighted by Crippen LogP contribution is 2.37. The molecule has 3 nitrogen and oxygen atoms in total. The van der Waals surface area contributed by atoms with Gasteiger partial charge in [-0.25, -0.2) is 9.18 Å². The van der Waals surface area contributed by atoms with Crippen molar-refractivity contribution in [1.29, 1.82) is 0 Å². The SMILES string of the molecule is O=C(N/C=C/c1ccccc1F)Nc1cc(C(F)(F)F)cc(C(F)(F)F)c1. The Hall–Kier alpha value is -3.04. The van der Waals surface area contributed by atoms with Crippen molar-refractivity contribution < 1.29 is 35.5 Å². The smallest absolute Gasteiger partial charge is 0.314 e. The number of carbonyl (C=O) groups is 1. The maximum Gasteiger partial charge on any atom is 0.416 e.